The summed E-state index contributed by atoms with van der Waals surface area (Å²) in [5.74, 6) is 1.04. The summed E-state index contributed by atoms with van der Waals surface area (Å²) in [6.07, 6.45) is 0. The van der Waals surface area contributed by atoms with Gasteiger partial charge in [-0.25, -0.2) is 0 Å². The second-order valence-electron chi connectivity index (χ2n) is 4.56. The van der Waals surface area contributed by atoms with Gasteiger partial charge in [0, 0.05) is 6.07 Å². The molecule has 0 radical (unpaired) electrons. The van der Waals surface area contributed by atoms with Gasteiger partial charge >= 0.3 is 0 Å². The first-order valence-corrected chi connectivity index (χ1v) is 6.14. The van der Waals surface area contributed by atoms with Gasteiger partial charge in [-0.3, -0.25) is 10.1 Å². The number of rotatable bonds is 4. The molecule has 0 fully saturated rings. The van der Waals surface area contributed by atoms with E-state index >= 15 is 0 Å². The van der Waals surface area contributed by atoms with Gasteiger partial charge in [0.15, 0.2) is 0 Å². The van der Waals surface area contributed by atoms with Gasteiger partial charge < -0.3 is 9.84 Å². The number of ether oxygens (including phenoxy) is 1. The third-order valence-corrected chi connectivity index (χ3v) is 3.09. The molecule has 0 atom stereocenters. The molecule has 0 aliphatic rings. The molecule has 0 bridgehead atoms. The van der Waals surface area contributed by atoms with E-state index in [4.69, 9.17) is 9.84 Å². The number of aryl methyl sites for hydroxylation is 2. The summed E-state index contributed by atoms with van der Waals surface area (Å²) in [7, 11) is 0. The molecule has 0 unspecified atom stereocenters. The van der Waals surface area contributed by atoms with Crippen LogP contribution in [-0.2, 0) is 6.61 Å². The molecule has 0 aliphatic heterocycles. The van der Waals surface area contributed by atoms with Crippen LogP contribution in [-0.4, -0.2) is 10.0 Å². The summed E-state index contributed by atoms with van der Waals surface area (Å²) < 4.78 is 5.69. The quantitative estimate of drug-likeness (QED) is 0.683. The number of aliphatic hydroxyl groups excluding tert-OH is 1. The Morgan fingerprint density at radius 3 is 2.50 bits per heavy atom. The van der Waals surface area contributed by atoms with E-state index in [0.717, 1.165) is 16.7 Å². The molecular weight excluding hydrogens is 258 g/mol. The Morgan fingerprint density at radius 1 is 1.15 bits per heavy atom. The number of nitrogens with zero attached hydrogens (tertiary/aromatic N) is 1. The second kappa shape index (κ2) is 5.71. The molecule has 20 heavy (non-hydrogen) atoms. The number of hydrogen-bond acceptors (Lipinski definition) is 4. The van der Waals surface area contributed by atoms with Crippen molar-refractivity contribution in [2.75, 3.05) is 0 Å². The molecule has 0 aliphatic carbocycles. The average Bonchev–Trinajstić information content (AvgIpc) is 2.41. The lowest BCUT2D eigenvalue weighted by Crippen LogP contribution is -1.94. The summed E-state index contributed by atoms with van der Waals surface area (Å²) in [6, 6.07) is 9.81. The van der Waals surface area contributed by atoms with Crippen molar-refractivity contribution in [3.8, 4) is 11.5 Å². The van der Waals surface area contributed by atoms with Crippen molar-refractivity contribution in [2.24, 2.45) is 0 Å². The van der Waals surface area contributed by atoms with Crippen molar-refractivity contribution in [3.05, 3.63) is 63.2 Å². The van der Waals surface area contributed by atoms with Gasteiger partial charge in [0.2, 0.25) is 0 Å². The summed E-state index contributed by atoms with van der Waals surface area (Å²) in [5, 5.41) is 19.9. The lowest BCUT2D eigenvalue weighted by molar-refractivity contribution is -0.384. The summed E-state index contributed by atoms with van der Waals surface area (Å²) in [5.41, 5.74) is 2.55. The number of nitro groups is 1. The molecular formula is C15H15NO4. The van der Waals surface area contributed by atoms with Crippen molar-refractivity contribution < 1.29 is 14.8 Å². The fraction of sp³-hybridized carbons (Fsp3) is 0.200. The predicted octanol–water partition coefficient (Wildman–Crippen LogP) is 3.50. The summed E-state index contributed by atoms with van der Waals surface area (Å²) >= 11 is 0. The molecule has 1 N–H and O–H groups in total. The van der Waals surface area contributed by atoms with E-state index in [1.54, 1.807) is 24.3 Å². The van der Waals surface area contributed by atoms with Crippen LogP contribution in [0.1, 0.15) is 16.7 Å². The van der Waals surface area contributed by atoms with E-state index in [1.807, 2.05) is 13.8 Å². The zero-order valence-electron chi connectivity index (χ0n) is 11.3. The fourth-order valence-electron chi connectivity index (χ4n) is 1.85. The van der Waals surface area contributed by atoms with Crippen LogP contribution in [0.3, 0.4) is 0 Å². The Morgan fingerprint density at radius 2 is 1.90 bits per heavy atom. The molecule has 104 valence electrons. The molecule has 2 aromatic rings. The number of hydrogen-bond donors (Lipinski definition) is 1. The molecule has 2 aromatic carbocycles. The maximum Gasteiger partial charge on any atom is 0.273 e. The standard InChI is InChI=1S/C15H15NO4/c1-10-3-5-13(16(18)19)8-15(10)20-14-6-4-12(9-17)11(2)7-14/h3-8,17H,9H2,1-2H3. The average molecular weight is 273 g/mol. The molecule has 0 saturated heterocycles. The van der Waals surface area contributed by atoms with Gasteiger partial charge in [-0.15, -0.1) is 0 Å². The highest BCUT2D eigenvalue weighted by atomic mass is 16.6. The highest BCUT2D eigenvalue weighted by Gasteiger charge is 2.10. The van der Waals surface area contributed by atoms with E-state index in [1.165, 1.54) is 12.1 Å². The van der Waals surface area contributed by atoms with Crippen LogP contribution < -0.4 is 4.74 Å². The van der Waals surface area contributed by atoms with E-state index < -0.39 is 4.92 Å². The lowest BCUT2D eigenvalue weighted by Gasteiger charge is -2.10. The van der Waals surface area contributed by atoms with Crippen molar-refractivity contribution in [2.45, 2.75) is 20.5 Å². The number of benzene rings is 2. The van der Waals surface area contributed by atoms with Gasteiger partial charge in [0.1, 0.15) is 11.5 Å². The smallest absolute Gasteiger partial charge is 0.273 e. The molecule has 0 aromatic heterocycles. The first-order valence-electron chi connectivity index (χ1n) is 6.14. The van der Waals surface area contributed by atoms with Gasteiger partial charge in [0.25, 0.3) is 5.69 Å². The van der Waals surface area contributed by atoms with E-state index in [2.05, 4.69) is 0 Å². The van der Waals surface area contributed by atoms with Gasteiger partial charge in [-0.2, -0.15) is 0 Å². The molecule has 0 heterocycles. The van der Waals surface area contributed by atoms with Gasteiger partial charge in [0.05, 0.1) is 17.6 Å². The number of nitro benzene ring substituents is 1. The Kier molecular flexibility index (Phi) is 4.00. The maximum atomic E-state index is 10.8. The Labute approximate surface area is 116 Å². The molecule has 2 rings (SSSR count). The van der Waals surface area contributed by atoms with Crippen LogP contribution in [0.2, 0.25) is 0 Å². The van der Waals surface area contributed by atoms with Crippen molar-refractivity contribution in [1.29, 1.82) is 0 Å². The fourth-order valence-corrected chi connectivity index (χ4v) is 1.85. The zero-order valence-corrected chi connectivity index (χ0v) is 11.3. The van der Waals surface area contributed by atoms with Crippen molar-refractivity contribution >= 4 is 5.69 Å². The van der Waals surface area contributed by atoms with E-state index in [0.29, 0.717) is 11.5 Å². The second-order valence-corrected chi connectivity index (χ2v) is 4.56. The van der Waals surface area contributed by atoms with Crippen LogP contribution in [0.25, 0.3) is 0 Å². The van der Waals surface area contributed by atoms with Gasteiger partial charge in [-0.05, 0) is 48.7 Å². The maximum absolute atomic E-state index is 10.8. The lowest BCUT2D eigenvalue weighted by atomic mass is 10.1. The monoisotopic (exact) mass is 273 g/mol. The first kappa shape index (κ1) is 14.0. The highest BCUT2D eigenvalue weighted by Crippen LogP contribution is 2.29. The van der Waals surface area contributed by atoms with Crippen LogP contribution >= 0.6 is 0 Å². The predicted molar refractivity (Wildman–Crippen MR) is 75.0 cm³/mol. The van der Waals surface area contributed by atoms with Gasteiger partial charge in [-0.1, -0.05) is 6.07 Å². The molecule has 0 spiro atoms. The van der Waals surface area contributed by atoms with Crippen LogP contribution in [0, 0.1) is 24.0 Å². The Balaban J connectivity index is 2.32. The highest BCUT2D eigenvalue weighted by molar-refractivity contribution is 5.46. The SMILES string of the molecule is Cc1cc(Oc2cc([N+](=O)[O-])ccc2C)ccc1CO. The summed E-state index contributed by atoms with van der Waals surface area (Å²) in [6.45, 7) is 3.68. The number of aliphatic hydroxyl groups is 1. The minimum atomic E-state index is -0.452. The van der Waals surface area contributed by atoms with Crippen LogP contribution in [0.15, 0.2) is 36.4 Å². The Hall–Kier alpha value is -2.40. The van der Waals surface area contributed by atoms with E-state index in [9.17, 15) is 10.1 Å². The largest absolute Gasteiger partial charge is 0.457 e. The van der Waals surface area contributed by atoms with Crippen molar-refractivity contribution in [3.63, 3.8) is 0 Å². The number of non-ortho nitro benzene ring substituents is 1. The van der Waals surface area contributed by atoms with Crippen molar-refractivity contribution in [1.82, 2.24) is 0 Å². The molecule has 0 saturated carbocycles. The first-order chi connectivity index (χ1) is 9.51. The third-order valence-electron chi connectivity index (χ3n) is 3.09. The minimum absolute atomic E-state index is 0.00528. The van der Waals surface area contributed by atoms with Crippen LogP contribution in [0.5, 0.6) is 11.5 Å². The Bertz CT molecular complexity index is 652. The van der Waals surface area contributed by atoms with E-state index in [-0.39, 0.29) is 12.3 Å². The normalized spacial score (nSPS) is 10.3. The summed E-state index contributed by atoms with van der Waals surface area (Å²) in [4.78, 5) is 10.3. The molecule has 5 nitrogen and oxygen atoms in total. The third kappa shape index (κ3) is 2.95. The molecule has 0 amide bonds. The molecule has 5 heteroatoms. The zero-order chi connectivity index (χ0) is 14.7. The minimum Gasteiger partial charge on any atom is -0.457 e. The van der Waals surface area contributed by atoms with Crippen LogP contribution in [0.4, 0.5) is 5.69 Å². The topological polar surface area (TPSA) is 72.6 Å².